The first kappa shape index (κ1) is 27.3. The van der Waals surface area contributed by atoms with E-state index >= 15 is 0 Å². The number of benzene rings is 3. The first-order valence-corrected chi connectivity index (χ1v) is 15.9. The number of aryl methyl sites for hydroxylation is 7. The fraction of sp³-hybridized carbons (Fsp3) is 0.438. The minimum absolute atomic E-state index is 0.0214. The number of rotatable bonds is 5. The lowest BCUT2D eigenvalue weighted by Crippen LogP contribution is -2.57. The summed E-state index contributed by atoms with van der Waals surface area (Å²) in [5.41, 5.74) is 16.4. The van der Waals surface area contributed by atoms with Gasteiger partial charge in [0.15, 0.2) is 0 Å². The Labute approximate surface area is 217 Å². The van der Waals surface area contributed by atoms with E-state index < -0.39 is 9.04 Å². The normalized spacial score (nSPS) is 11.8. The highest BCUT2D eigenvalue weighted by atomic mass is 28.3. The highest BCUT2D eigenvalue weighted by Crippen LogP contribution is 2.35. The molecule has 0 saturated carbocycles. The summed E-state index contributed by atoms with van der Waals surface area (Å²) in [5.74, 6) is 1.12. The Bertz CT molecular complexity index is 1160. The molecule has 0 aliphatic carbocycles. The Kier molecular flexibility index (Phi) is 7.82. The molecule has 0 N–H and O–H groups in total. The maximum Gasteiger partial charge on any atom is 0.243 e. The minimum Gasteiger partial charge on any atom is -0.547 e. The summed E-state index contributed by atoms with van der Waals surface area (Å²) in [6.45, 7) is 29.8. The second-order valence-corrected chi connectivity index (χ2v) is 14.4. The standard InChI is InChI=1S/C32H45BOSi/c1-19-14-21(3)28(22(4)15-19)33(29-23(5)16-20(2)17-24(29)6)30-25(7)18-27(32(9,10)11)31(26(30)8)34-35(12)13/h14-18,35H,1-13H3. The summed E-state index contributed by atoms with van der Waals surface area (Å²) in [4.78, 5) is 0. The van der Waals surface area contributed by atoms with Gasteiger partial charge in [0.1, 0.15) is 5.75 Å². The fourth-order valence-corrected chi connectivity index (χ4v) is 6.87. The maximum absolute atomic E-state index is 6.72. The smallest absolute Gasteiger partial charge is 0.243 e. The third kappa shape index (κ3) is 5.46. The Hall–Kier alpha value is -2.26. The van der Waals surface area contributed by atoms with E-state index in [1.165, 1.54) is 66.5 Å². The molecule has 0 radical (unpaired) electrons. The van der Waals surface area contributed by atoms with Crippen LogP contribution in [0.25, 0.3) is 0 Å². The van der Waals surface area contributed by atoms with Crippen molar-refractivity contribution in [1.29, 1.82) is 0 Å². The van der Waals surface area contributed by atoms with Gasteiger partial charge in [-0.2, -0.15) is 0 Å². The van der Waals surface area contributed by atoms with Gasteiger partial charge in [0, 0.05) is 0 Å². The molecule has 3 aromatic rings. The van der Waals surface area contributed by atoms with Crippen LogP contribution in [-0.4, -0.2) is 15.8 Å². The summed E-state index contributed by atoms with van der Waals surface area (Å²) >= 11 is 0. The largest absolute Gasteiger partial charge is 0.547 e. The van der Waals surface area contributed by atoms with Crippen LogP contribution in [0.1, 0.15) is 70.8 Å². The van der Waals surface area contributed by atoms with E-state index in [4.69, 9.17) is 4.43 Å². The van der Waals surface area contributed by atoms with Gasteiger partial charge < -0.3 is 4.43 Å². The van der Waals surface area contributed by atoms with Gasteiger partial charge >= 0.3 is 0 Å². The summed E-state index contributed by atoms with van der Waals surface area (Å²) < 4.78 is 6.72. The van der Waals surface area contributed by atoms with E-state index in [0.29, 0.717) is 0 Å². The lowest BCUT2D eigenvalue weighted by atomic mass is 9.33. The average Bonchev–Trinajstić information content (AvgIpc) is 2.67. The third-order valence-corrected chi connectivity index (χ3v) is 7.99. The van der Waals surface area contributed by atoms with Crippen molar-refractivity contribution in [2.24, 2.45) is 0 Å². The topological polar surface area (TPSA) is 9.23 Å². The van der Waals surface area contributed by atoms with Crippen molar-refractivity contribution in [2.75, 3.05) is 0 Å². The van der Waals surface area contributed by atoms with Gasteiger partial charge in [0.05, 0.1) is 0 Å². The molecule has 0 atom stereocenters. The molecule has 186 valence electrons. The van der Waals surface area contributed by atoms with Gasteiger partial charge in [-0.05, 0) is 85.0 Å². The molecular formula is C32H45BOSi. The minimum atomic E-state index is -1.29. The Morgan fingerprint density at radius 3 is 1.31 bits per heavy atom. The molecule has 0 spiro atoms. The van der Waals surface area contributed by atoms with Gasteiger partial charge in [-0.1, -0.05) is 106 Å². The van der Waals surface area contributed by atoms with Crippen molar-refractivity contribution >= 4 is 32.1 Å². The van der Waals surface area contributed by atoms with E-state index in [-0.39, 0.29) is 12.1 Å². The van der Waals surface area contributed by atoms with Crippen LogP contribution in [0.2, 0.25) is 13.1 Å². The second kappa shape index (κ2) is 10.0. The van der Waals surface area contributed by atoms with Gasteiger partial charge in [0.2, 0.25) is 15.8 Å². The lowest BCUT2D eigenvalue weighted by molar-refractivity contribution is 0.517. The van der Waals surface area contributed by atoms with Crippen LogP contribution in [0.15, 0.2) is 30.3 Å². The number of hydrogen-bond acceptors (Lipinski definition) is 1. The van der Waals surface area contributed by atoms with Gasteiger partial charge in [-0.15, -0.1) is 0 Å². The van der Waals surface area contributed by atoms with Crippen LogP contribution in [0.3, 0.4) is 0 Å². The quantitative estimate of drug-likeness (QED) is 0.385. The number of hydrogen-bond donors (Lipinski definition) is 0. The zero-order valence-corrected chi connectivity index (χ0v) is 25.6. The molecule has 0 bridgehead atoms. The third-order valence-electron chi connectivity index (χ3n) is 7.28. The molecule has 0 fully saturated rings. The monoisotopic (exact) mass is 484 g/mol. The molecule has 0 unspecified atom stereocenters. The second-order valence-electron chi connectivity index (χ2n) is 12.1. The summed E-state index contributed by atoms with van der Waals surface area (Å²) in [6, 6.07) is 11.8. The average molecular weight is 485 g/mol. The van der Waals surface area contributed by atoms with Crippen LogP contribution in [-0.2, 0) is 5.41 Å². The molecule has 3 heteroatoms. The molecule has 0 heterocycles. The molecule has 3 rings (SSSR count). The Morgan fingerprint density at radius 1 is 0.600 bits per heavy atom. The van der Waals surface area contributed by atoms with Crippen LogP contribution in [0.5, 0.6) is 5.75 Å². The molecule has 0 aliphatic rings. The van der Waals surface area contributed by atoms with Crippen molar-refractivity contribution in [1.82, 2.24) is 0 Å². The van der Waals surface area contributed by atoms with Gasteiger partial charge in [-0.3, -0.25) is 0 Å². The highest BCUT2D eigenvalue weighted by molar-refractivity contribution is 6.97. The van der Waals surface area contributed by atoms with Crippen LogP contribution < -0.4 is 20.8 Å². The predicted molar refractivity (Wildman–Crippen MR) is 160 cm³/mol. The molecule has 3 aromatic carbocycles. The van der Waals surface area contributed by atoms with Crippen LogP contribution in [0, 0.1) is 55.4 Å². The predicted octanol–water partition coefficient (Wildman–Crippen LogP) is 6.33. The van der Waals surface area contributed by atoms with Crippen LogP contribution >= 0.6 is 0 Å². The summed E-state index contributed by atoms with van der Waals surface area (Å²) in [6.07, 6.45) is 0. The summed E-state index contributed by atoms with van der Waals surface area (Å²) in [7, 11) is -1.29. The molecule has 0 amide bonds. The van der Waals surface area contributed by atoms with Gasteiger partial charge in [-0.25, -0.2) is 0 Å². The maximum atomic E-state index is 6.72. The van der Waals surface area contributed by atoms with Crippen molar-refractivity contribution in [3.8, 4) is 5.75 Å². The zero-order valence-electron chi connectivity index (χ0n) is 24.4. The molecule has 0 aliphatic heterocycles. The van der Waals surface area contributed by atoms with E-state index in [1.54, 1.807) is 0 Å². The Morgan fingerprint density at radius 2 is 0.971 bits per heavy atom. The lowest BCUT2D eigenvalue weighted by Gasteiger charge is -2.32. The molecule has 35 heavy (non-hydrogen) atoms. The van der Waals surface area contributed by atoms with Crippen molar-refractivity contribution < 1.29 is 4.43 Å². The zero-order chi connectivity index (χ0) is 26.4. The van der Waals surface area contributed by atoms with E-state index in [1.807, 2.05) is 0 Å². The Balaban J connectivity index is 2.52. The molecule has 0 saturated heterocycles. The van der Waals surface area contributed by atoms with E-state index in [0.717, 1.165) is 5.75 Å². The molecule has 0 aromatic heterocycles. The fourth-order valence-electron chi connectivity index (χ4n) is 6.09. The molecule has 1 nitrogen and oxygen atoms in total. The first-order chi connectivity index (χ1) is 16.1. The van der Waals surface area contributed by atoms with Crippen molar-refractivity contribution in [3.05, 3.63) is 80.4 Å². The van der Waals surface area contributed by atoms with Crippen molar-refractivity contribution in [2.45, 2.75) is 94.7 Å². The van der Waals surface area contributed by atoms with Gasteiger partial charge in [0.25, 0.3) is 0 Å². The summed E-state index contributed by atoms with van der Waals surface area (Å²) in [5, 5.41) is 0. The van der Waals surface area contributed by atoms with Crippen molar-refractivity contribution in [3.63, 3.8) is 0 Å². The van der Waals surface area contributed by atoms with Crippen LogP contribution in [0.4, 0.5) is 0 Å². The molecular weight excluding hydrogens is 439 g/mol. The van der Waals surface area contributed by atoms with E-state index in [9.17, 15) is 0 Å². The van der Waals surface area contributed by atoms with E-state index in [2.05, 4.69) is 120 Å². The SMILES string of the molecule is Cc1cc(C)c(B(c2c(C)cc(C)cc2C)c2c(C)cc(C(C)(C)C)c(O[SiH](C)C)c2C)c(C)c1. The highest BCUT2D eigenvalue weighted by Gasteiger charge is 2.34. The first-order valence-electron chi connectivity index (χ1n) is 13.1.